The molecule has 2 aliphatic rings. The van der Waals surface area contributed by atoms with Gasteiger partial charge in [-0.3, -0.25) is 4.90 Å². The van der Waals surface area contributed by atoms with Crippen LogP contribution >= 0.6 is 0 Å². The van der Waals surface area contributed by atoms with Crippen molar-refractivity contribution < 1.29 is 9.53 Å². The molecule has 24 heavy (non-hydrogen) atoms. The van der Waals surface area contributed by atoms with Gasteiger partial charge in [0.2, 0.25) is 0 Å². The molecule has 0 bridgehead atoms. The fourth-order valence-electron chi connectivity index (χ4n) is 3.89. The Bertz CT molecular complexity index is 568. The first kappa shape index (κ1) is 17.1. The zero-order valence-corrected chi connectivity index (χ0v) is 14.9. The summed E-state index contributed by atoms with van der Waals surface area (Å²) >= 11 is 0. The van der Waals surface area contributed by atoms with Crippen molar-refractivity contribution in [1.29, 1.82) is 0 Å². The van der Waals surface area contributed by atoms with Gasteiger partial charge in [0.05, 0.1) is 13.2 Å². The van der Waals surface area contributed by atoms with E-state index in [2.05, 4.69) is 40.2 Å². The molecule has 0 saturated carbocycles. The van der Waals surface area contributed by atoms with Crippen molar-refractivity contribution in [2.24, 2.45) is 0 Å². The van der Waals surface area contributed by atoms with E-state index in [0.717, 1.165) is 45.4 Å². The minimum atomic E-state index is -0.344. The van der Waals surface area contributed by atoms with E-state index < -0.39 is 0 Å². The van der Waals surface area contributed by atoms with Crippen LogP contribution in [0.2, 0.25) is 0 Å². The minimum Gasteiger partial charge on any atom is -0.453 e. The van der Waals surface area contributed by atoms with E-state index in [1.54, 1.807) is 0 Å². The second kappa shape index (κ2) is 7.88. The van der Waals surface area contributed by atoms with E-state index >= 15 is 0 Å². The highest BCUT2D eigenvalue weighted by Crippen LogP contribution is 2.32. The predicted molar refractivity (Wildman–Crippen MR) is 96.6 cm³/mol. The summed E-state index contributed by atoms with van der Waals surface area (Å²) < 4.78 is 4.75. The lowest BCUT2D eigenvalue weighted by molar-refractivity contribution is 0.165. The molecule has 1 atom stereocenters. The van der Waals surface area contributed by atoms with Gasteiger partial charge in [-0.2, -0.15) is 0 Å². The molecule has 1 aromatic carbocycles. The predicted octanol–water partition coefficient (Wildman–Crippen LogP) is 2.95. The number of aryl methyl sites for hydroxylation is 1. The maximum Gasteiger partial charge on any atom is 0.407 e. The number of nitrogens with one attached hydrogen (secondary N) is 1. The fraction of sp³-hybridized carbons (Fsp3) is 0.632. The van der Waals surface area contributed by atoms with E-state index in [9.17, 15) is 4.79 Å². The lowest BCUT2D eigenvalue weighted by Gasteiger charge is -2.36. The van der Waals surface area contributed by atoms with Crippen LogP contribution in [0, 0.1) is 0 Å². The van der Waals surface area contributed by atoms with Crippen LogP contribution in [0.15, 0.2) is 18.2 Å². The zero-order valence-electron chi connectivity index (χ0n) is 14.9. The van der Waals surface area contributed by atoms with Gasteiger partial charge in [0.25, 0.3) is 0 Å². The number of alkyl carbamates (subject to hydrolysis) is 1. The smallest absolute Gasteiger partial charge is 0.407 e. The number of piperazine rings is 1. The molecule has 1 N–H and O–H groups in total. The van der Waals surface area contributed by atoms with Crippen molar-refractivity contribution in [3.63, 3.8) is 0 Å². The number of hydrogen-bond donors (Lipinski definition) is 1. The lowest BCUT2D eigenvalue weighted by Crippen LogP contribution is -2.46. The normalized spacial score (nSPS) is 21.2. The van der Waals surface area contributed by atoms with Gasteiger partial charge in [-0.15, -0.1) is 0 Å². The Kier molecular flexibility index (Phi) is 5.61. The molecule has 0 aromatic heterocycles. The summed E-state index contributed by atoms with van der Waals surface area (Å²) in [6.45, 7) is 7.95. The van der Waals surface area contributed by atoms with Gasteiger partial charge in [0.15, 0.2) is 0 Å². The first-order valence-electron chi connectivity index (χ1n) is 9.16. The van der Waals surface area contributed by atoms with Crippen molar-refractivity contribution in [2.75, 3.05) is 44.7 Å². The van der Waals surface area contributed by atoms with Crippen LogP contribution in [0.4, 0.5) is 10.5 Å². The van der Waals surface area contributed by atoms with E-state index in [1.807, 2.05) is 0 Å². The molecule has 1 aliphatic carbocycles. The molecule has 0 radical (unpaired) electrons. The number of fused-ring (bicyclic) bond motifs is 1. The van der Waals surface area contributed by atoms with Crippen molar-refractivity contribution in [2.45, 2.75) is 38.6 Å². The number of anilines is 1. The summed E-state index contributed by atoms with van der Waals surface area (Å²) in [6.07, 6.45) is 4.07. The highest BCUT2D eigenvalue weighted by molar-refractivity contribution is 5.68. The Hall–Kier alpha value is -1.75. The van der Waals surface area contributed by atoms with Gasteiger partial charge in [-0.05, 0) is 55.5 Å². The molecule has 5 heteroatoms. The van der Waals surface area contributed by atoms with E-state index in [0.29, 0.717) is 0 Å². The number of ether oxygens (including phenoxy) is 1. The lowest BCUT2D eigenvalue weighted by atomic mass is 9.87. The van der Waals surface area contributed by atoms with Crippen LogP contribution in [0.5, 0.6) is 0 Å². The minimum absolute atomic E-state index is 0.0802. The molecule has 1 aliphatic heterocycles. The Morgan fingerprint density at radius 1 is 1.29 bits per heavy atom. The summed E-state index contributed by atoms with van der Waals surface area (Å²) in [5.74, 6) is 0. The van der Waals surface area contributed by atoms with Crippen molar-refractivity contribution >= 4 is 11.8 Å². The molecule has 3 rings (SSSR count). The Balaban J connectivity index is 1.69. The van der Waals surface area contributed by atoms with Crippen LogP contribution in [0.3, 0.4) is 0 Å². The van der Waals surface area contributed by atoms with Crippen molar-refractivity contribution in [1.82, 2.24) is 10.2 Å². The largest absolute Gasteiger partial charge is 0.453 e. The molecule has 1 saturated heterocycles. The Labute approximate surface area is 145 Å². The Morgan fingerprint density at radius 3 is 2.79 bits per heavy atom. The molecule has 1 aromatic rings. The first-order valence-corrected chi connectivity index (χ1v) is 9.16. The van der Waals surface area contributed by atoms with E-state index in [1.165, 1.54) is 36.9 Å². The number of hydrogen-bond acceptors (Lipinski definition) is 4. The SMILES string of the molecule is CCCN1CCN(c2ccc3c(c2)CCCC3NC(=O)OC)CC1. The molecule has 0 spiro atoms. The van der Waals surface area contributed by atoms with E-state index in [4.69, 9.17) is 4.74 Å². The van der Waals surface area contributed by atoms with Gasteiger partial charge in [0.1, 0.15) is 0 Å². The molecule has 1 fully saturated rings. The topological polar surface area (TPSA) is 44.8 Å². The second-order valence-electron chi connectivity index (χ2n) is 6.79. The van der Waals surface area contributed by atoms with Crippen LogP contribution in [0.1, 0.15) is 43.4 Å². The maximum absolute atomic E-state index is 11.5. The van der Waals surface area contributed by atoms with Crippen molar-refractivity contribution in [3.8, 4) is 0 Å². The van der Waals surface area contributed by atoms with Gasteiger partial charge >= 0.3 is 6.09 Å². The number of rotatable bonds is 4. The third-order valence-corrected chi connectivity index (χ3v) is 5.20. The molecular formula is C19H29N3O2. The molecule has 5 nitrogen and oxygen atoms in total. The quantitative estimate of drug-likeness (QED) is 0.921. The highest BCUT2D eigenvalue weighted by atomic mass is 16.5. The first-order chi connectivity index (χ1) is 11.7. The maximum atomic E-state index is 11.5. The summed E-state index contributed by atoms with van der Waals surface area (Å²) in [6, 6.07) is 6.82. The average Bonchev–Trinajstić information content (AvgIpc) is 2.62. The third-order valence-electron chi connectivity index (χ3n) is 5.20. The summed E-state index contributed by atoms with van der Waals surface area (Å²) in [5, 5.41) is 2.96. The Morgan fingerprint density at radius 2 is 2.08 bits per heavy atom. The van der Waals surface area contributed by atoms with Crippen LogP contribution in [0.25, 0.3) is 0 Å². The standard InChI is InChI=1S/C19H29N3O2/c1-3-9-21-10-12-22(13-11-21)16-7-8-17-15(14-16)5-4-6-18(17)20-19(23)24-2/h7-8,14,18H,3-6,9-13H2,1-2H3,(H,20,23). The number of carbonyl (C=O) groups excluding carboxylic acids is 1. The fourth-order valence-corrected chi connectivity index (χ4v) is 3.89. The molecule has 1 amide bonds. The van der Waals surface area contributed by atoms with Crippen LogP contribution in [-0.4, -0.2) is 50.8 Å². The summed E-state index contributed by atoms with van der Waals surface area (Å²) in [4.78, 5) is 16.6. The molecular weight excluding hydrogens is 302 g/mol. The molecule has 1 unspecified atom stereocenters. The van der Waals surface area contributed by atoms with Gasteiger partial charge < -0.3 is 15.0 Å². The number of amides is 1. The molecule has 1 heterocycles. The van der Waals surface area contributed by atoms with Gasteiger partial charge in [-0.25, -0.2) is 4.79 Å². The second-order valence-corrected chi connectivity index (χ2v) is 6.79. The van der Waals surface area contributed by atoms with Gasteiger partial charge in [-0.1, -0.05) is 13.0 Å². The summed E-state index contributed by atoms with van der Waals surface area (Å²) in [7, 11) is 1.42. The zero-order chi connectivity index (χ0) is 16.9. The third kappa shape index (κ3) is 3.83. The van der Waals surface area contributed by atoms with Crippen molar-refractivity contribution in [3.05, 3.63) is 29.3 Å². The summed E-state index contributed by atoms with van der Waals surface area (Å²) in [5.41, 5.74) is 3.94. The number of nitrogens with zero attached hydrogens (tertiary/aromatic N) is 2. The van der Waals surface area contributed by atoms with E-state index in [-0.39, 0.29) is 12.1 Å². The van der Waals surface area contributed by atoms with Crippen LogP contribution in [-0.2, 0) is 11.2 Å². The van der Waals surface area contributed by atoms with Gasteiger partial charge in [0, 0.05) is 31.9 Å². The number of methoxy groups -OCH3 is 1. The number of carbonyl (C=O) groups is 1. The monoisotopic (exact) mass is 331 g/mol. The van der Waals surface area contributed by atoms with Crippen LogP contribution < -0.4 is 10.2 Å². The molecule has 132 valence electrons. The number of benzene rings is 1. The average molecular weight is 331 g/mol. The highest BCUT2D eigenvalue weighted by Gasteiger charge is 2.24.